The third kappa shape index (κ3) is 60.8. The zero-order chi connectivity index (χ0) is 92.2. The summed E-state index contributed by atoms with van der Waals surface area (Å²) in [6.07, 6.45) is 53.6. The molecule has 4 aliphatic heterocycles. The summed E-state index contributed by atoms with van der Waals surface area (Å²) >= 11 is 0. The molecule has 1 unspecified atom stereocenters. The lowest BCUT2D eigenvalue weighted by Crippen LogP contribution is -2.30. The van der Waals surface area contributed by atoms with Crippen LogP contribution in [0.3, 0.4) is 0 Å². The molecule has 0 aliphatic carbocycles. The second-order valence-corrected chi connectivity index (χ2v) is 19.2. The maximum atomic E-state index is 4.58. The summed E-state index contributed by atoms with van der Waals surface area (Å²) < 4.78 is 0. The highest BCUT2D eigenvalue weighted by atomic mass is 15.3. The molecule has 25 nitrogen and oxygen atoms in total. The van der Waals surface area contributed by atoms with E-state index in [-0.39, 0.29) is 0 Å². The summed E-state index contributed by atoms with van der Waals surface area (Å²) in [6, 6.07) is 55.4. The maximum absolute atomic E-state index is 4.58. The van der Waals surface area contributed by atoms with Crippen LogP contribution >= 0.6 is 0 Å². The fraction of sp³-hybridized carbons (Fsp3) is 0.276. The van der Waals surface area contributed by atoms with Crippen LogP contribution in [0.2, 0.25) is 0 Å². The summed E-state index contributed by atoms with van der Waals surface area (Å²) in [7, 11) is 0. The Bertz CT molecular complexity index is 3950. The summed E-state index contributed by atoms with van der Waals surface area (Å²) in [5.74, 6) is 0. The Balaban J connectivity index is -0.000000405. The van der Waals surface area contributed by atoms with Crippen LogP contribution in [0.5, 0.6) is 0 Å². The normalized spacial score (nSPS) is 10.1. The quantitative estimate of drug-likeness (QED) is 0.119. The molecule has 0 amide bonds. The van der Waals surface area contributed by atoms with E-state index in [1.54, 1.807) is 105 Å². The van der Waals surface area contributed by atoms with E-state index in [1.165, 1.54) is 54.0 Å². The Morgan fingerprint density at radius 3 is 1.14 bits per heavy atom. The van der Waals surface area contributed by atoms with Gasteiger partial charge in [-0.15, -0.1) is 5.10 Å². The van der Waals surface area contributed by atoms with Gasteiger partial charge in [0, 0.05) is 146 Å². The fourth-order valence-electron chi connectivity index (χ4n) is 8.02. The Morgan fingerprint density at radius 2 is 0.707 bits per heavy atom. The number of benzene rings is 4. The van der Waals surface area contributed by atoms with Crippen LogP contribution in [0.1, 0.15) is 166 Å². The van der Waals surface area contributed by atoms with Crippen LogP contribution in [0, 0.1) is 0 Å². The number of hydrogen-bond donors (Lipinski definition) is 3. The number of aliphatic imine (C=N–C) groups is 2. The van der Waals surface area contributed by atoms with Gasteiger partial charge >= 0.3 is 0 Å². The first-order valence-corrected chi connectivity index (χ1v) is 42.5. The van der Waals surface area contributed by atoms with Crippen molar-refractivity contribution in [1.82, 2.24) is 105 Å². The van der Waals surface area contributed by atoms with Crippen molar-refractivity contribution in [2.45, 2.75) is 172 Å². The van der Waals surface area contributed by atoms with Gasteiger partial charge in [-0.3, -0.25) is 39.9 Å². The van der Waals surface area contributed by atoms with Crippen molar-refractivity contribution in [3.63, 3.8) is 0 Å². The van der Waals surface area contributed by atoms with Gasteiger partial charge in [0.1, 0.15) is 43.3 Å². The number of hydrogen-bond acceptors (Lipinski definition) is 25. The lowest BCUT2D eigenvalue weighted by atomic mass is 10.1. The number of nitrogens with one attached hydrogen (secondary N) is 3. The molecular weight excluding hydrogens is 1530 g/mol. The summed E-state index contributed by atoms with van der Waals surface area (Å²) in [5, 5.41) is 27.1. The zero-order valence-electron chi connectivity index (χ0n) is 77.4. The molecule has 0 bridgehead atoms. The fourth-order valence-corrected chi connectivity index (χ4v) is 8.02. The van der Waals surface area contributed by atoms with Gasteiger partial charge in [0.2, 0.25) is 0 Å². The Hall–Kier alpha value is -14.2. The van der Waals surface area contributed by atoms with Gasteiger partial charge in [-0.05, 0) is 103 Å². The van der Waals surface area contributed by atoms with Crippen LogP contribution in [-0.4, -0.2) is 132 Å². The van der Waals surface area contributed by atoms with Crippen LogP contribution in [0.15, 0.2) is 360 Å². The van der Waals surface area contributed by atoms with E-state index in [0.29, 0.717) is 11.8 Å². The molecule has 15 heterocycles. The topological polar surface area (TPSA) is 309 Å². The number of fused-ring (bicyclic) bond motifs is 7. The van der Waals surface area contributed by atoms with E-state index >= 15 is 0 Å². The van der Waals surface area contributed by atoms with E-state index in [4.69, 9.17) is 0 Å². The van der Waals surface area contributed by atoms with Gasteiger partial charge in [-0.1, -0.05) is 251 Å². The van der Waals surface area contributed by atoms with E-state index in [9.17, 15) is 0 Å². The molecule has 4 aliphatic rings. The van der Waals surface area contributed by atoms with Crippen molar-refractivity contribution in [3.05, 3.63) is 350 Å². The monoisotopic (exact) mass is 1670 g/mol. The molecule has 0 spiro atoms. The molecule has 11 aromatic heterocycles. The molecule has 25 heteroatoms. The van der Waals surface area contributed by atoms with Gasteiger partial charge in [0.25, 0.3) is 0 Å². The van der Waals surface area contributed by atoms with Gasteiger partial charge in [-0.2, -0.15) is 15.3 Å². The first kappa shape index (κ1) is 117. The lowest BCUT2D eigenvalue weighted by molar-refractivity contribution is 0.426. The summed E-state index contributed by atoms with van der Waals surface area (Å²) in [5.41, 5.74) is 8.88. The van der Waals surface area contributed by atoms with E-state index in [1.807, 2.05) is 349 Å². The van der Waals surface area contributed by atoms with Crippen molar-refractivity contribution in [2.24, 2.45) is 9.98 Å². The highest BCUT2D eigenvalue weighted by Gasteiger charge is 2.13. The summed E-state index contributed by atoms with van der Waals surface area (Å²) in [4.78, 5) is 68.1. The molecule has 0 radical (unpaired) electrons. The SMILES string of the molecule is C1=CC2NC=CN2C=C1.C1=Nc2ccccc2NC1.C1=Nc2ccncc2NC1.CC.CC.CC.CC.CC.CC.CC.CC.CC.CC.CC.CC.c1ccc2nc3ccccc3cc2c1.c1ccc2ncccc2c1.c1ccncc1.c1ccnnc1.c1cnc2nccnc2c1.c1cnccn1.c1cncnc1.c1cnncn1.c1ncncn1. The van der Waals surface area contributed by atoms with Crippen LogP contribution in [-0.2, 0) is 0 Å². The Morgan fingerprint density at radius 1 is 0.285 bits per heavy atom. The van der Waals surface area contributed by atoms with Crippen molar-refractivity contribution >= 4 is 79.1 Å². The minimum Gasteiger partial charge on any atom is -0.378 e. The second-order valence-electron chi connectivity index (χ2n) is 19.2. The van der Waals surface area contributed by atoms with Crippen LogP contribution < -0.4 is 16.0 Å². The largest absolute Gasteiger partial charge is 0.378 e. The molecule has 4 aromatic carbocycles. The van der Waals surface area contributed by atoms with E-state index in [2.05, 4.69) is 162 Å². The number of allylic oxidation sites excluding steroid dienone is 2. The first-order chi connectivity index (χ1) is 61.3. The molecule has 3 N–H and O–H groups in total. The highest BCUT2D eigenvalue weighted by Crippen LogP contribution is 2.26. The van der Waals surface area contributed by atoms with Crippen molar-refractivity contribution < 1.29 is 0 Å². The molecule has 0 saturated carbocycles. The lowest BCUT2D eigenvalue weighted by Gasteiger charge is -2.20. The molecule has 123 heavy (non-hydrogen) atoms. The average Bonchev–Trinajstić information content (AvgIpc) is 1.25. The Kier molecular flexibility index (Phi) is 92.1. The molecular formula is C98H139N25. The van der Waals surface area contributed by atoms with Crippen LogP contribution in [0.25, 0.3) is 43.9 Å². The Labute approximate surface area is 736 Å². The maximum Gasteiger partial charge on any atom is 0.178 e. The number of nitrogens with zero attached hydrogens (tertiary/aromatic N) is 22. The van der Waals surface area contributed by atoms with Crippen LogP contribution in [0.4, 0.5) is 22.7 Å². The smallest absolute Gasteiger partial charge is 0.178 e. The predicted octanol–water partition coefficient (Wildman–Crippen LogP) is 25.0. The second kappa shape index (κ2) is 96.6. The minimum absolute atomic E-state index is 0.370. The number of aromatic nitrogens is 19. The minimum atomic E-state index is 0.370. The summed E-state index contributed by atoms with van der Waals surface area (Å²) in [6.45, 7) is 49.6. The first-order valence-electron chi connectivity index (χ1n) is 42.5. The molecule has 1 atom stereocenters. The zero-order valence-corrected chi connectivity index (χ0v) is 77.4. The molecule has 15 aromatic rings. The number of anilines is 2. The highest BCUT2D eigenvalue weighted by molar-refractivity contribution is 5.92. The third-order valence-electron chi connectivity index (χ3n) is 12.4. The van der Waals surface area contributed by atoms with Gasteiger partial charge in [0.05, 0.1) is 64.8 Å². The van der Waals surface area contributed by atoms with Gasteiger partial charge in [0.15, 0.2) is 5.65 Å². The molecule has 656 valence electrons. The number of rotatable bonds is 0. The van der Waals surface area contributed by atoms with Gasteiger partial charge < -0.3 is 20.9 Å². The molecule has 19 rings (SSSR count). The number of para-hydroxylation sites is 5. The van der Waals surface area contributed by atoms with Crippen molar-refractivity contribution in [1.29, 1.82) is 0 Å². The van der Waals surface area contributed by atoms with Crippen molar-refractivity contribution in [3.8, 4) is 0 Å². The molecule has 0 saturated heterocycles. The molecule has 0 fully saturated rings. The van der Waals surface area contributed by atoms with E-state index < -0.39 is 0 Å². The van der Waals surface area contributed by atoms with Gasteiger partial charge in [-0.25, -0.2) is 44.9 Å². The van der Waals surface area contributed by atoms with E-state index in [0.717, 1.165) is 57.9 Å². The standard InChI is InChI=1S/C13H9N.C9H7N.C8H8N2.C7H7N3.C7H5N3.C7H8N2.C5H5N.3C4H4N2.2C3H3N3.12C2H6/c1-3-7-12-10(5-1)9-11-6-2-4-8-13(11)14-12;1-2-6-9-8(4-1)5-3-7-10-9;1-2-4-8-7(3-1)9-5-6-10-8;1-2-8-5-7-6(1)9-3-4-10-7;1-2-6-7(9-3-1)10-5-4-8-6;1-2-5-9-6-4-8-7(9)3-1;1-2-4-6-5-3-1;1-2-6-4-3-5-1;1-2-5-4-6-3-1;1-2-4-6-5-3-1;1-4-2-6-3-5-1;1-2-5-6-3-4-1;12*1-2/h1-9H;1-7H;1-5,10H,6H2;1-3,5,10H,4H2;1-5H;1-8H;1-5H;3*1-4H;2*1-3H;12*1-2H3. The predicted molar refractivity (Wildman–Crippen MR) is 525 cm³/mol. The number of pyridine rings is 5. The average molecular weight is 1670 g/mol. The van der Waals surface area contributed by atoms with Crippen molar-refractivity contribution in [2.75, 3.05) is 23.7 Å². The third-order valence-corrected chi connectivity index (χ3v) is 12.4.